The van der Waals surface area contributed by atoms with E-state index in [-0.39, 0.29) is 6.42 Å². The molecule has 2 nitrogen and oxygen atoms in total. The molecule has 0 aliphatic rings. The van der Waals surface area contributed by atoms with Gasteiger partial charge < -0.3 is 5.11 Å². The minimum absolute atomic E-state index is 0.0883. The Morgan fingerprint density at radius 2 is 2.20 bits per heavy atom. The average molecular weight is 210 g/mol. The third-order valence-corrected chi connectivity index (χ3v) is 2.44. The molecule has 15 heavy (non-hydrogen) atoms. The summed E-state index contributed by atoms with van der Waals surface area (Å²) in [7, 11) is 0. The SMILES string of the molecule is Cc1ccc(C(C)F)cc1CCC(=O)O. The van der Waals surface area contributed by atoms with Crippen molar-refractivity contribution in [3.05, 3.63) is 34.9 Å². The van der Waals surface area contributed by atoms with Gasteiger partial charge in [-0.1, -0.05) is 18.2 Å². The van der Waals surface area contributed by atoms with E-state index < -0.39 is 12.1 Å². The van der Waals surface area contributed by atoms with Crippen LogP contribution in [0.1, 0.15) is 36.2 Å². The van der Waals surface area contributed by atoms with E-state index in [0.29, 0.717) is 12.0 Å². The van der Waals surface area contributed by atoms with Gasteiger partial charge >= 0.3 is 5.97 Å². The highest BCUT2D eigenvalue weighted by Gasteiger charge is 2.07. The fourth-order valence-corrected chi connectivity index (χ4v) is 1.45. The Labute approximate surface area is 88.7 Å². The van der Waals surface area contributed by atoms with Crippen molar-refractivity contribution in [3.8, 4) is 0 Å². The van der Waals surface area contributed by atoms with Crippen molar-refractivity contribution in [1.29, 1.82) is 0 Å². The van der Waals surface area contributed by atoms with E-state index in [9.17, 15) is 9.18 Å². The summed E-state index contributed by atoms with van der Waals surface area (Å²) in [5.74, 6) is -0.826. The number of carboxylic acids is 1. The van der Waals surface area contributed by atoms with E-state index in [2.05, 4.69) is 0 Å². The van der Waals surface area contributed by atoms with Gasteiger partial charge in [0.25, 0.3) is 0 Å². The van der Waals surface area contributed by atoms with Crippen LogP contribution in [0.4, 0.5) is 4.39 Å². The highest BCUT2D eigenvalue weighted by Crippen LogP contribution is 2.20. The Balaban J connectivity index is 2.85. The molecule has 1 atom stereocenters. The summed E-state index contributed by atoms with van der Waals surface area (Å²) in [6.45, 7) is 3.38. The molecule has 0 aliphatic carbocycles. The zero-order valence-electron chi connectivity index (χ0n) is 8.96. The summed E-state index contributed by atoms with van der Waals surface area (Å²) in [6.07, 6.45) is -0.457. The van der Waals surface area contributed by atoms with E-state index in [1.807, 2.05) is 13.0 Å². The molecule has 0 aliphatic heterocycles. The summed E-state index contributed by atoms with van der Waals surface area (Å²) in [5, 5.41) is 8.57. The number of carbonyl (C=O) groups is 1. The molecule has 0 heterocycles. The molecule has 1 rings (SSSR count). The predicted octanol–water partition coefficient (Wildman–Crippen LogP) is 3.04. The zero-order valence-corrected chi connectivity index (χ0v) is 8.96. The summed E-state index contributed by atoms with van der Waals surface area (Å²) in [5.41, 5.74) is 2.54. The number of aryl methyl sites for hydroxylation is 2. The molecule has 0 radical (unpaired) electrons. The normalized spacial score (nSPS) is 12.5. The standard InChI is InChI=1S/C12H15FO2/c1-8-3-4-11(9(2)13)7-10(8)5-6-12(14)15/h3-4,7,9H,5-6H2,1-2H3,(H,14,15). The maximum atomic E-state index is 13.0. The molecule has 0 amide bonds. The quantitative estimate of drug-likeness (QED) is 0.829. The maximum absolute atomic E-state index is 13.0. The van der Waals surface area contributed by atoms with Gasteiger partial charge in [0.05, 0.1) is 0 Å². The third-order valence-electron chi connectivity index (χ3n) is 2.44. The second-order valence-corrected chi connectivity index (χ2v) is 3.70. The van der Waals surface area contributed by atoms with E-state index in [1.54, 1.807) is 12.1 Å². The molecule has 0 bridgehead atoms. The molecule has 1 aromatic rings. The number of halogens is 1. The van der Waals surface area contributed by atoms with Crippen molar-refractivity contribution in [2.45, 2.75) is 32.9 Å². The van der Waals surface area contributed by atoms with E-state index in [0.717, 1.165) is 11.1 Å². The number of rotatable bonds is 4. The fourth-order valence-electron chi connectivity index (χ4n) is 1.45. The van der Waals surface area contributed by atoms with Crippen molar-refractivity contribution in [3.63, 3.8) is 0 Å². The van der Waals surface area contributed by atoms with E-state index in [4.69, 9.17) is 5.11 Å². The van der Waals surface area contributed by atoms with Gasteiger partial charge in [-0.2, -0.15) is 0 Å². The molecule has 82 valence electrons. The Bertz CT molecular complexity index is 359. The first-order chi connectivity index (χ1) is 7.00. The number of hydrogen-bond donors (Lipinski definition) is 1. The summed E-state index contributed by atoms with van der Waals surface area (Å²) in [4.78, 5) is 10.4. The molecule has 0 aromatic heterocycles. The van der Waals surface area contributed by atoms with Gasteiger partial charge in [-0.25, -0.2) is 4.39 Å². The molecule has 1 N–H and O–H groups in total. The smallest absolute Gasteiger partial charge is 0.303 e. The number of carboxylic acid groups (broad SMARTS) is 1. The molecule has 0 saturated carbocycles. The zero-order chi connectivity index (χ0) is 11.4. The molecular weight excluding hydrogens is 195 g/mol. The van der Waals surface area contributed by atoms with Gasteiger partial charge in [0, 0.05) is 6.42 Å². The van der Waals surface area contributed by atoms with Crippen LogP contribution >= 0.6 is 0 Å². The van der Waals surface area contributed by atoms with E-state index >= 15 is 0 Å². The summed E-state index contributed by atoms with van der Waals surface area (Å²) < 4.78 is 13.0. The van der Waals surface area contributed by atoms with Crippen LogP contribution in [0.25, 0.3) is 0 Å². The first-order valence-electron chi connectivity index (χ1n) is 4.96. The minimum atomic E-state index is -1.01. The van der Waals surface area contributed by atoms with Gasteiger partial charge in [0.2, 0.25) is 0 Å². The van der Waals surface area contributed by atoms with Crippen LogP contribution in [0.15, 0.2) is 18.2 Å². The van der Waals surface area contributed by atoms with Crippen LogP contribution in [-0.4, -0.2) is 11.1 Å². The van der Waals surface area contributed by atoms with Gasteiger partial charge in [-0.15, -0.1) is 0 Å². The van der Waals surface area contributed by atoms with Crippen molar-refractivity contribution >= 4 is 5.97 Å². The predicted molar refractivity (Wildman–Crippen MR) is 56.7 cm³/mol. The van der Waals surface area contributed by atoms with Crippen LogP contribution < -0.4 is 0 Å². The molecule has 1 aromatic carbocycles. The second kappa shape index (κ2) is 4.91. The lowest BCUT2D eigenvalue weighted by molar-refractivity contribution is -0.136. The van der Waals surface area contributed by atoms with Gasteiger partial charge in [0.1, 0.15) is 6.17 Å². The van der Waals surface area contributed by atoms with Crippen molar-refractivity contribution in [2.75, 3.05) is 0 Å². The van der Waals surface area contributed by atoms with Crippen LogP contribution in [0.5, 0.6) is 0 Å². The van der Waals surface area contributed by atoms with Crippen LogP contribution in [0, 0.1) is 6.92 Å². The highest BCUT2D eigenvalue weighted by atomic mass is 19.1. The van der Waals surface area contributed by atoms with Gasteiger partial charge in [0.15, 0.2) is 0 Å². The highest BCUT2D eigenvalue weighted by molar-refractivity contribution is 5.67. The molecule has 1 unspecified atom stereocenters. The lowest BCUT2D eigenvalue weighted by Crippen LogP contribution is -2.00. The first-order valence-corrected chi connectivity index (χ1v) is 4.96. The van der Waals surface area contributed by atoms with Crippen LogP contribution in [0.3, 0.4) is 0 Å². The topological polar surface area (TPSA) is 37.3 Å². The van der Waals surface area contributed by atoms with Crippen molar-refractivity contribution in [1.82, 2.24) is 0 Å². The minimum Gasteiger partial charge on any atom is -0.481 e. The lowest BCUT2D eigenvalue weighted by atomic mass is 9.99. The molecular formula is C12H15FO2. The maximum Gasteiger partial charge on any atom is 0.303 e. The van der Waals surface area contributed by atoms with E-state index in [1.165, 1.54) is 6.92 Å². The summed E-state index contributed by atoms with van der Waals surface area (Å²) >= 11 is 0. The number of benzene rings is 1. The first kappa shape index (κ1) is 11.7. The molecule has 3 heteroatoms. The van der Waals surface area contributed by atoms with Crippen LogP contribution in [0.2, 0.25) is 0 Å². The van der Waals surface area contributed by atoms with Crippen molar-refractivity contribution < 1.29 is 14.3 Å². The van der Waals surface area contributed by atoms with Gasteiger partial charge in [-0.3, -0.25) is 4.79 Å². The number of hydrogen-bond acceptors (Lipinski definition) is 1. The molecule has 0 spiro atoms. The monoisotopic (exact) mass is 210 g/mol. The Hall–Kier alpha value is -1.38. The summed E-state index contributed by atoms with van der Waals surface area (Å²) in [6, 6.07) is 5.33. The average Bonchev–Trinajstić information content (AvgIpc) is 2.16. The number of aliphatic carboxylic acids is 1. The molecule has 0 fully saturated rings. The second-order valence-electron chi connectivity index (χ2n) is 3.70. The lowest BCUT2D eigenvalue weighted by Gasteiger charge is -2.08. The van der Waals surface area contributed by atoms with Crippen LogP contribution in [-0.2, 0) is 11.2 Å². The van der Waals surface area contributed by atoms with Crippen molar-refractivity contribution in [2.24, 2.45) is 0 Å². The van der Waals surface area contributed by atoms with Gasteiger partial charge in [-0.05, 0) is 37.0 Å². The number of alkyl halides is 1. The Kier molecular flexibility index (Phi) is 3.83. The third kappa shape index (κ3) is 3.35. The Morgan fingerprint density at radius 1 is 1.53 bits per heavy atom. The Morgan fingerprint density at radius 3 is 2.73 bits per heavy atom. The fraction of sp³-hybridized carbons (Fsp3) is 0.417. The molecule has 0 saturated heterocycles. The largest absolute Gasteiger partial charge is 0.481 e.